The van der Waals surface area contributed by atoms with Gasteiger partial charge in [0.15, 0.2) is 0 Å². The molecule has 1 aromatic carbocycles. The van der Waals surface area contributed by atoms with Gasteiger partial charge >= 0.3 is 0 Å². The smallest absolute Gasteiger partial charge is 0.224 e. The Morgan fingerprint density at radius 3 is 2.43 bits per heavy atom. The maximum Gasteiger partial charge on any atom is 0.224 e. The van der Waals surface area contributed by atoms with Crippen LogP contribution in [-0.4, -0.2) is 24.0 Å². The fourth-order valence-electron chi connectivity index (χ4n) is 7.68. The van der Waals surface area contributed by atoms with Crippen LogP contribution in [0.2, 0.25) is 0 Å². The predicted molar refractivity (Wildman–Crippen MR) is 145 cm³/mol. The minimum absolute atomic E-state index is 0.177. The van der Waals surface area contributed by atoms with Crippen LogP contribution in [0.25, 0.3) is 10.9 Å². The highest BCUT2D eigenvalue weighted by Crippen LogP contribution is 2.61. The predicted octanol–water partition coefficient (Wildman–Crippen LogP) is 6.63. The lowest BCUT2D eigenvalue weighted by Gasteiger charge is -2.56. The SMILES string of the molecule is CCC([CH]NCCNc1ccc2c(NC(=O)CC34CC5CC(CC(C5)C3)C4)cccc2n1)C(C)C. The molecule has 35 heavy (non-hydrogen) atoms. The van der Waals surface area contributed by atoms with E-state index in [-0.39, 0.29) is 11.3 Å². The maximum absolute atomic E-state index is 13.2. The third-order valence-corrected chi connectivity index (χ3v) is 8.94. The summed E-state index contributed by atoms with van der Waals surface area (Å²) in [6, 6.07) is 10.1. The van der Waals surface area contributed by atoms with E-state index in [9.17, 15) is 4.79 Å². The Bertz CT molecular complexity index is 997. The quantitative estimate of drug-likeness (QED) is 0.319. The van der Waals surface area contributed by atoms with Crippen molar-refractivity contribution in [1.29, 1.82) is 0 Å². The first-order valence-electron chi connectivity index (χ1n) is 13.9. The number of carbonyl (C=O) groups is 1. The average molecular weight is 476 g/mol. The molecule has 5 nitrogen and oxygen atoms in total. The second-order valence-electron chi connectivity index (χ2n) is 12.1. The van der Waals surface area contributed by atoms with Crippen molar-refractivity contribution < 1.29 is 4.79 Å². The van der Waals surface area contributed by atoms with Crippen LogP contribution in [0.4, 0.5) is 11.5 Å². The number of pyridine rings is 1. The number of hydrogen-bond donors (Lipinski definition) is 3. The number of rotatable bonds is 11. The van der Waals surface area contributed by atoms with Gasteiger partial charge in [0, 0.05) is 31.4 Å². The monoisotopic (exact) mass is 475 g/mol. The summed E-state index contributed by atoms with van der Waals surface area (Å²) in [6.07, 6.45) is 9.88. The summed E-state index contributed by atoms with van der Waals surface area (Å²) in [4.78, 5) is 18.0. The van der Waals surface area contributed by atoms with Gasteiger partial charge in [-0.3, -0.25) is 4.79 Å². The van der Waals surface area contributed by atoms with E-state index in [1.54, 1.807) is 0 Å². The topological polar surface area (TPSA) is 66.0 Å². The van der Waals surface area contributed by atoms with Gasteiger partial charge in [-0.15, -0.1) is 0 Å². The highest BCUT2D eigenvalue weighted by atomic mass is 16.1. The summed E-state index contributed by atoms with van der Waals surface area (Å²) in [5.74, 6) is 4.92. The molecule has 4 bridgehead atoms. The molecule has 189 valence electrons. The molecule has 0 spiro atoms. The Labute approximate surface area is 211 Å². The molecule has 4 saturated carbocycles. The highest BCUT2D eigenvalue weighted by molar-refractivity contribution is 6.01. The molecule has 1 atom stereocenters. The third-order valence-electron chi connectivity index (χ3n) is 8.94. The van der Waals surface area contributed by atoms with Crippen LogP contribution in [0.1, 0.15) is 72.1 Å². The van der Waals surface area contributed by atoms with Crippen molar-refractivity contribution in [2.45, 2.75) is 72.1 Å². The van der Waals surface area contributed by atoms with Crippen LogP contribution >= 0.6 is 0 Å². The molecule has 1 heterocycles. The molecule has 1 amide bonds. The van der Waals surface area contributed by atoms with E-state index >= 15 is 0 Å². The van der Waals surface area contributed by atoms with E-state index in [1.807, 2.05) is 24.3 Å². The average Bonchev–Trinajstić information content (AvgIpc) is 2.80. The van der Waals surface area contributed by atoms with Gasteiger partial charge in [-0.25, -0.2) is 4.98 Å². The fraction of sp³-hybridized carbons (Fsp3) is 0.633. The van der Waals surface area contributed by atoms with Crippen LogP contribution < -0.4 is 16.0 Å². The zero-order valence-corrected chi connectivity index (χ0v) is 21.8. The lowest BCUT2D eigenvalue weighted by atomic mass is 9.49. The summed E-state index contributed by atoms with van der Waals surface area (Å²) in [7, 11) is 0. The van der Waals surface area contributed by atoms with Crippen molar-refractivity contribution in [2.24, 2.45) is 35.0 Å². The number of benzene rings is 1. The Kier molecular flexibility index (Phi) is 7.34. The Morgan fingerprint density at radius 2 is 1.77 bits per heavy atom. The molecule has 5 heteroatoms. The Morgan fingerprint density at radius 1 is 1.06 bits per heavy atom. The number of anilines is 2. The molecule has 1 unspecified atom stereocenters. The van der Waals surface area contributed by atoms with Crippen LogP contribution in [-0.2, 0) is 4.79 Å². The molecule has 6 rings (SSSR count). The molecular formula is C30H43N4O. The minimum atomic E-state index is 0.177. The van der Waals surface area contributed by atoms with Crippen molar-refractivity contribution in [3.8, 4) is 0 Å². The van der Waals surface area contributed by atoms with E-state index < -0.39 is 0 Å². The standard InChI is InChI=1S/C30H43N4O/c1-4-24(20(2)3)19-31-10-11-32-28-9-8-25-26(33-28)6-5-7-27(25)34-29(35)18-30-15-21-12-22(16-30)14-23(13-21)17-30/h5-9,19-24,31H,4,10-18H2,1-3H3,(H,32,33)(H,34,35). The van der Waals surface area contributed by atoms with Crippen LogP contribution in [0.15, 0.2) is 30.3 Å². The Hall–Kier alpha value is -2.14. The molecule has 3 N–H and O–H groups in total. The number of amides is 1. The van der Waals surface area contributed by atoms with Crippen molar-refractivity contribution in [1.82, 2.24) is 10.3 Å². The molecule has 4 aliphatic carbocycles. The molecule has 4 fully saturated rings. The van der Waals surface area contributed by atoms with Gasteiger partial charge in [0.25, 0.3) is 0 Å². The van der Waals surface area contributed by atoms with Crippen LogP contribution in [0, 0.1) is 41.5 Å². The number of hydrogen-bond acceptors (Lipinski definition) is 4. The number of nitrogens with zero attached hydrogens (tertiary/aromatic N) is 1. The second-order valence-corrected chi connectivity index (χ2v) is 12.1. The summed E-state index contributed by atoms with van der Waals surface area (Å²) in [5, 5.41) is 11.1. The molecule has 4 aliphatic rings. The van der Waals surface area contributed by atoms with Gasteiger partial charge in [0.05, 0.1) is 11.2 Å². The van der Waals surface area contributed by atoms with E-state index in [4.69, 9.17) is 4.98 Å². The highest BCUT2D eigenvalue weighted by Gasteiger charge is 2.51. The summed E-state index contributed by atoms with van der Waals surface area (Å²) >= 11 is 0. The summed E-state index contributed by atoms with van der Waals surface area (Å²) in [5.41, 5.74) is 2.05. The molecular weight excluding hydrogens is 432 g/mol. The van der Waals surface area contributed by atoms with Gasteiger partial charge in [-0.1, -0.05) is 33.3 Å². The van der Waals surface area contributed by atoms with E-state index in [1.165, 1.54) is 38.5 Å². The number of fused-ring (bicyclic) bond motifs is 1. The molecule has 0 aliphatic heterocycles. The van der Waals surface area contributed by atoms with Gasteiger partial charge in [0.2, 0.25) is 5.91 Å². The molecule has 0 saturated heterocycles. The van der Waals surface area contributed by atoms with Gasteiger partial charge in [-0.2, -0.15) is 0 Å². The Balaban J connectivity index is 1.16. The van der Waals surface area contributed by atoms with Crippen LogP contribution in [0.5, 0.6) is 0 Å². The lowest BCUT2D eigenvalue weighted by Crippen LogP contribution is -2.47. The number of nitrogens with one attached hydrogen (secondary N) is 3. The number of carbonyl (C=O) groups excluding carboxylic acids is 1. The van der Waals surface area contributed by atoms with Gasteiger partial charge in [0.1, 0.15) is 5.82 Å². The second kappa shape index (κ2) is 10.5. The summed E-state index contributed by atoms with van der Waals surface area (Å²) in [6.45, 7) is 10.7. The van der Waals surface area contributed by atoms with E-state index in [0.717, 1.165) is 59.7 Å². The van der Waals surface area contributed by atoms with Crippen LogP contribution in [0.3, 0.4) is 0 Å². The fourth-order valence-corrected chi connectivity index (χ4v) is 7.68. The van der Waals surface area contributed by atoms with E-state index in [2.05, 4.69) is 49.3 Å². The van der Waals surface area contributed by atoms with Crippen molar-refractivity contribution in [3.63, 3.8) is 0 Å². The van der Waals surface area contributed by atoms with Crippen molar-refractivity contribution >= 4 is 28.3 Å². The maximum atomic E-state index is 13.2. The van der Waals surface area contributed by atoms with Gasteiger partial charge < -0.3 is 16.0 Å². The molecule has 1 aromatic heterocycles. The minimum Gasteiger partial charge on any atom is -0.369 e. The first kappa shape index (κ1) is 24.5. The first-order chi connectivity index (χ1) is 16.9. The van der Waals surface area contributed by atoms with Crippen molar-refractivity contribution in [2.75, 3.05) is 23.7 Å². The van der Waals surface area contributed by atoms with Crippen molar-refractivity contribution in [3.05, 3.63) is 36.9 Å². The third kappa shape index (κ3) is 5.66. The first-order valence-corrected chi connectivity index (χ1v) is 13.9. The van der Waals surface area contributed by atoms with E-state index in [0.29, 0.717) is 18.3 Å². The van der Waals surface area contributed by atoms with Gasteiger partial charge in [-0.05, 0) is 97.8 Å². The largest absolute Gasteiger partial charge is 0.369 e. The molecule has 1 radical (unpaired) electrons. The zero-order chi connectivity index (χ0) is 24.4. The summed E-state index contributed by atoms with van der Waals surface area (Å²) < 4.78 is 0. The normalized spacial score (nSPS) is 27.9. The zero-order valence-electron chi connectivity index (χ0n) is 21.8. The lowest BCUT2D eigenvalue weighted by molar-refractivity contribution is -0.124. The molecule has 2 aromatic rings. The number of aromatic nitrogens is 1.